The van der Waals surface area contributed by atoms with E-state index in [1.165, 1.54) is 6.07 Å². The minimum Gasteiger partial charge on any atom is -0.507 e. The van der Waals surface area contributed by atoms with Crippen LogP contribution in [0.4, 0.5) is 5.82 Å². The molecule has 3 heterocycles. The van der Waals surface area contributed by atoms with Crippen molar-refractivity contribution in [1.29, 1.82) is 0 Å². The minimum absolute atomic E-state index is 0.0169. The second-order valence-corrected chi connectivity index (χ2v) is 8.19. The Morgan fingerprint density at radius 2 is 1.94 bits per heavy atom. The zero-order valence-electron chi connectivity index (χ0n) is 17.9. The molecule has 0 aliphatic carbocycles. The molecule has 0 spiro atoms. The first-order valence-corrected chi connectivity index (χ1v) is 10.8. The summed E-state index contributed by atoms with van der Waals surface area (Å²) in [5.74, 6) is 0.963. The van der Waals surface area contributed by atoms with Crippen LogP contribution < -0.4 is 5.73 Å². The first-order chi connectivity index (χ1) is 16.1. The number of benzene rings is 2. The zero-order valence-corrected chi connectivity index (χ0v) is 17.9. The van der Waals surface area contributed by atoms with Crippen molar-refractivity contribution in [2.24, 2.45) is 0 Å². The Labute approximate surface area is 190 Å². The molecular weight excluding hydrogens is 420 g/mol. The standard InChI is InChI=1S/C25H24N4O4/c26-24-22-21(15-5-7-16(8-6-15)23(32)19-3-1-2-4-20(19)31)28-25(29(22)12-11-27-24)17-9-10-18(13-30)33-14-17/h1-8,11-12,17-18,30-31H,9-10,13-14H2,(H2,26,27). The van der Waals surface area contributed by atoms with E-state index in [0.29, 0.717) is 29.2 Å². The van der Waals surface area contributed by atoms with Crippen LogP contribution >= 0.6 is 0 Å². The number of nitrogen functional groups attached to an aromatic ring is 1. The van der Waals surface area contributed by atoms with Gasteiger partial charge in [0.05, 0.1) is 24.9 Å². The van der Waals surface area contributed by atoms with E-state index in [0.717, 1.165) is 24.2 Å². The maximum atomic E-state index is 12.8. The molecule has 1 fully saturated rings. The van der Waals surface area contributed by atoms with Gasteiger partial charge in [-0.05, 0) is 25.0 Å². The first-order valence-electron chi connectivity index (χ1n) is 10.8. The van der Waals surface area contributed by atoms with Gasteiger partial charge in [0.1, 0.15) is 28.6 Å². The van der Waals surface area contributed by atoms with Crippen LogP contribution in [0, 0.1) is 0 Å². The number of ketones is 1. The number of imidazole rings is 1. The lowest BCUT2D eigenvalue weighted by Gasteiger charge is -2.27. The number of rotatable bonds is 5. The van der Waals surface area contributed by atoms with Crippen molar-refractivity contribution < 1.29 is 19.7 Å². The third-order valence-electron chi connectivity index (χ3n) is 6.12. The molecule has 0 radical (unpaired) electrons. The number of aromatic nitrogens is 3. The monoisotopic (exact) mass is 444 g/mol. The van der Waals surface area contributed by atoms with Crippen molar-refractivity contribution in [2.75, 3.05) is 18.9 Å². The van der Waals surface area contributed by atoms with Crippen molar-refractivity contribution in [3.63, 3.8) is 0 Å². The topological polar surface area (TPSA) is 123 Å². The second-order valence-electron chi connectivity index (χ2n) is 8.19. The predicted octanol–water partition coefficient (Wildman–Crippen LogP) is 3.17. The molecule has 1 aliphatic heterocycles. The van der Waals surface area contributed by atoms with E-state index < -0.39 is 0 Å². The summed E-state index contributed by atoms with van der Waals surface area (Å²) < 4.78 is 7.72. The van der Waals surface area contributed by atoms with E-state index in [4.69, 9.17) is 15.5 Å². The van der Waals surface area contributed by atoms with Crippen LogP contribution in [0.5, 0.6) is 5.75 Å². The number of aliphatic hydroxyl groups is 1. The first kappa shape index (κ1) is 21.1. The Kier molecular flexibility index (Phi) is 5.53. The Balaban J connectivity index is 1.51. The smallest absolute Gasteiger partial charge is 0.196 e. The average molecular weight is 444 g/mol. The van der Waals surface area contributed by atoms with Crippen LogP contribution in [0.3, 0.4) is 0 Å². The summed E-state index contributed by atoms with van der Waals surface area (Å²) in [6, 6.07) is 13.6. The molecule has 5 rings (SSSR count). The molecule has 0 saturated carbocycles. The summed E-state index contributed by atoms with van der Waals surface area (Å²) in [5, 5.41) is 19.4. The van der Waals surface area contributed by atoms with Gasteiger partial charge in [-0.1, -0.05) is 36.4 Å². The molecule has 2 aromatic carbocycles. The third-order valence-corrected chi connectivity index (χ3v) is 6.12. The van der Waals surface area contributed by atoms with E-state index in [2.05, 4.69) is 4.98 Å². The second kappa shape index (κ2) is 8.65. The Morgan fingerprint density at radius 3 is 2.64 bits per heavy atom. The highest BCUT2D eigenvalue weighted by molar-refractivity contribution is 6.10. The normalized spacial score (nSPS) is 18.5. The van der Waals surface area contributed by atoms with Gasteiger partial charge < -0.3 is 20.7 Å². The number of carbonyl (C=O) groups excluding carboxylic acids is 1. The van der Waals surface area contributed by atoms with Crippen LogP contribution in [0.15, 0.2) is 60.9 Å². The van der Waals surface area contributed by atoms with Gasteiger partial charge in [0.25, 0.3) is 0 Å². The molecule has 0 amide bonds. The van der Waals surface area contributed by atoms with Crippen LogP contribution in [-0.4, -0.2) is 49.7 Å². The number of phenols is 1. The number of para-hydroxylation sites is 1. The van der Waals surface area contributed by atoms with Gasteiger partial charge in [0.2, 0.25) is 0 Å². The molecule has 2 aromatic heterocycles. The molecule has 4 N–H and O–H groups in total. The number of hydrogen-bond donors (Lipinski definition) is 3. The Morgan fingerprint density at radius 1 is 1.15 bits per heavy atom. The van der Waals surface area contributed by atoms with Crippen LogP contribution in [0.1, 0.15) is 40.5 Å². The van der Waals surface area contributed by atoms with Crippen molar-refractivity contribution >= 4 is 17.1 Å². The number of nitrogens with zero attached hydrogens (tertiary/aromatic N) is 3. The van der Waals surface area contributed by atoms with Crippen molar-refractivity contribution in [2.45, 2.75) is 24.9 Å². The maximum absolute atomic E-state index is 12.8. The SMILES string of the molecule is Nc1nccn2c(C3CCC(CO)OC3)nc(-c3ccc(C(=O)c4ccccc4O)cc3)c12. The average Bonchev–Trinajstić information content (AvgIpc) is 3.25. The largest absolute Gasteiger partial charge is 0.507 e. The van der Waals surface area contributed by atoms with Crippen LogP contribution in [0.25, 0.3) is 16.8 Å². The van der Waals surface area contributed by atoms with Crippen LogP contribution in [0.2, 0.25) is 0 Å². The van der Waals surface area contributed by atoms with Gasteiger partial charge in [0, 0.05) is 29.4 Å². The summed E-state index contributed by atoms with van der Waals surface area (Å²) in [4.78, 5) is 22.0. The number of aliphatic hydroxyl groups excluding tert-OH is 1. The molecule has 8 nitrogen and oxygen atoms in total. The van der Waals surface area contributed by atoms with Gasteiger partial charge in [-0.2, -0.15) is 0 Å². The van der Waals surface area contributed by atoms with E-state index >= 15 is 0 Å². The third kappa shape index (κ3) is 3.83. The number of aromatic hydroxyl groups is 1. The quantitative estimate of drug-likeness (QED) is 0.404. The summed E-state index contributed by atoms with van der Waals surface area (Å²) >= 11 is 0. The van der Waals surface area contributed by atoms with Crippen molar-refractivity contribution in [3.8, 4) is 17.0 Å². The zero-order chi connectivity index (χ0) is 22.9. The maximum Gasteiger partial charge on any atom is 0.196 e. The Bertz CT molecular complexity index is 1310. The number of hydrogen-bond acceptors (Lipinski definition) is 7. The summed E-state index contributed by atoms with van der Waals surface area (Å²) in [6.07, 6.45) is 4.96. The van der Waals surface area contributed by atoms with Gasteiger partial charge in [-0.3, -0.25) is 9.20 Å². The highest BCUT2D eigenvalue weighted by Crippen LogP contribution is 2.34. The lowest BCUT2D eigenvalue weighted by atomic mass is 9.98. The molecule has 33 heavy (non-hydrogen) atoms. The molecule has 2 atom stereocenters. The molecule has 1 saturated heterocycles. The van der Waals surface area contributed by atoms with Crippen LogP contribution in [-0.2, 0) is 4.74 Å². The van der Waals surface area contributed by atoms with Gasteiger partial charge in [-0.15, -0.1) is 0 Å². The predicted molar refractivity (Wildman–Crippen MR) is 123 cm³/mol. The molecule has 8 heteroatoms. The summed E-state index contributed by atoms with van der Waals surface area (Å²) in [5.41, 5.74) is 9.14. The molecule has 168 valence electrons. The molecule has 0 bridgehead atoms. The number of nitrogens with two attached hydrogens (primary N) is 1. The summed E-state index contributed by atoms with van der Waals surface area (Å²) in [7, 11) is 0. The van der Waals surface area contributed by atoms with Gasteiger partial charge >= 0.3 is 0 Å². The molecule has 2 unspecified atom stereocenters. The summed E-state index contributed by atoms with van der Waals surface area (Å²) in [6.45, 7) is 0.489. The van der Waals surface area contributed by atoms with E-state index in [1.807, 2.05) is 22.7 Å². The number of anilines is 1. The fraction of sp³-hybridized carbons (Fsp3) is 0.240. The number of phenolic OH excluding ortho intramolecular Hbond substituents is 1. The molecule has 1 aliphatic rings. The minimum atomic E-state index is -0.256. The van der Waals surface area contributed by atoms with E-state index in [9.17, 15) is 15.0 Å². The molecular formula is C25H24N4O4. The van der Waals surface area contributed by atoms with Gasteiger partial charge in [-0.25, -0.2) is 9.97 Å². The van der Waals surface area contributed by atoms with E-state index in [-0.39, 0.29) is 35.7 Å². The fourth-order valence-corrected chi connectivity index (χ4v) is 4.33. The Hall–Kier alpha value is -3.75. The fourth-order valence-electron chi connectivity index (χ4n) is 4.33. The lowest BCUT2D eigenvalue weighted by Crippen LogP contribution is -2.28. The highest BCUT2D eigenvalue weighted by Gasteiger charge is 2.28. The van der Waals surface area contributed by atoms with Crippen molar-refractivity contribution in [1.82, 2.24) is 14.4 Å². The van der Waals surface area contributed by atoms with E-state index in [1.54, 1.807) is 36.5 Å². The number of ether oxygens (including phenoxy) is 1. The van der Waals surface area contributed by atoms with Crippen molar-refractivity contribution in [3.05, 3.63) is 77.9 Å². The number of fused-ring (bicyclic) bond motifs is 1. The van der Waals surface area contributed by atoms with Gasteiger partial charge in [0.15, 0.2) is 5.78 Å². The number of carbonyl (C=O) groups is 1. The molecule has 4 aromatic rings. The highest BCUT2D eigenvalue weighted by atomic mass is 16.5. The lowest BCUT2D eigenvalue weighted by molar-refractivity contribution is -0.0282.